The van der Waals surface area contributed by atoms with Gasteiger partial charge in [-0.3, -0.25) is 4.79 Å². The van der Waals surface area contributed by atoms with Crippen molar-refractivity contribution in [3.8, 4) is 0 Å². The van der Waals surface area contributed by atoms with Gasteiger partial charge in [0, 0.05) is 12.1 Å². The number of benzene rings is 1. The Bertz CT molecular complexity index is 821. The van der Waals surface area contributed by atoms with Gasteiger partial charge in [0.05, 0.1) is 4.90 Å². The maximum atomic E-state index is 12.5. The van der Waals surface area contributed by atoms with Crippen LogP contribution in [0.2, 0.25) is 0 Å². The van der Waals surface area contributed by atoms with E-state index in [0.29, 0.717) is 22.7 Å². The smallest absolute Gasteiger partial charge is 0.256 e. The highest BCUT2D eigenvalue weighted by atomic mass is 32.2. The minimum atomic E-state index is -3.62. The molecule has 0 fully saturated rings. The van der Waals surface area contributed by atoms with Crippen LogP contribution >= 0.6 is 0 Å². The standard InChI is InChI=1S/C15H19N3O4S/c1-5-16-23(20,21)12-7-6-9(2)13(8-12)15(19)17-14-10(3)18-22-11(14)4/h6-8,16H,5H2,1-4H3,(H,17,19). The van der Waals surface area contributed by atoms with Crippen LogP contribution in [0, 0.1) is 20.8 Å². The summed E-state index contributed by atoms with van der Waals surface area (Å²) < 4.78 is 31.6. The molecular formula is C15H19N3O4S. The van der Waals surface area contributed by atoms with Crippen LogP contribution in [0.1, 0.15) is 34.3 Å². The summed E-state index contributed by atoms with van der Waals surface area (Å²) in [5.41, 5.74) is 2.01. The number of nitrogens with zero attached hydrogens (tertiary/aromatic N) is 1. The molecule has 7 nitrogen and oxygen atoms in total. The average Bonchev–Trinajstić information content (AvgIpc) is 2.79. The van der Waals surface area contributed by atoms with Gasteiger partial charge in [0.1, 0.15) is 11.4 Å². The number of hydrogen-bond donors (Lipinski definition) is 2. The molecule has 0 aliphatic carbocycles. The molecule has 1 heterocycles. The van der Waals surface area contributed by atoms with E-state index in [1.807, 2.05) is 0 Å². The van der Waals surface area contributed by atoms with Gasteiger partial charge >= 0.3 is 0 Å². The van der Waals surface area contributed by atoms with Crippen LogP contribution in [-0.2, 0) is 10.0 Å². The van der Waals surface area contributed by atoms with Crippen LogP contribution < -0.4 is 10.0 Å². The van der Waals surface area contributed by atoms with Crippen molar-refractivity contribution in [3.05, 3.63) is 40.8 Å². The van der Waals surface area contributed by atoms with E-state index >= 15 is 0 Å². The number of anilines is 1. The van der Waals surface area contributed by atoms with Crippen molar-refractivity contribution in [1.82, 2.24) is 9.88 Å². The fourth-order valence-electron chi connectivity index (χ4n) is 2.13. The highest BCUT2D eigenvalue weighted by Gasteiger charge is 2.19. The Morgan fingerprint density at radius 2 is 1.96 bits per heavy atom. The van der Waals surface area contributed by atoms with E-state index in [1.165, 1.54) is 12.1 Å². The van der Waals surface area contributed by atoms with Gasteiger partial charge in [0.2, 0.25) is 10.0 Å². The molecule has 124 valence electrons. The predicted molar refractivity (Wildman–Crippen MR) is 86.0 cm³/mol. The maximum absolute atomic E-state index is 12.5. The van der Waals surface area contributed by atoms with Gasteiger partial charge in [-0.1, -0.05) is 18.1 Å². The van der Waals surface area contributed by atoms with Gasteiger partial charge < -0.3 is 9.84 Å². The van der Waals surface area contributed by atoms with E-state index in [2.05, 4.69) is 15.2 Å². The van der Waals surface area contributed by atoms with Crippen LogP contribution in [-0.4, -0.2) is 26.0 Å². The summed E-state index contributed by atoms with van der Waals surface area (Å²) in [6, 6.07) is 4.44. The summed E-state index contributed by atoms with van der Waals surface area (Å²) in [5, 5.41) is 6.49. The molecule has 0 saturated carbocycles. The van der Waals surface area contributed by atoms with Gasteiger partial charge in [-0.2, -0.15) is 0 Å². The van der Waals surface area contributed by atoms with Gasteiger partial charge in [-0.05, 0) is 38.5 Å². The highest BCUT2D eigenvalue weighted by Crippen LogP contribution is 2.21. The van der Waals surface area contributed by atoms with Crippen LogP contribution in [0.15, 0.2) is 27.6 Å². The van der Waals surface area contributed by atoms with E-state index in [9.17, 15) is 13.2 Å². The van der Waals surface area contributed by atoms with Crippen molar-refractivity contribution in [2.45, 2.75) is 32.6 Å². The Morgan fingerprint density at radius 3 is 2.52 bits per heavy atom. The minimum Gasteiger partial charge on any atom is -0.359 e. The number of nitrogens with one attached hydrogen (secondary N) is 2. The lowest BCUT2D eigenvalue weighted by Crippen LogP contribution is -2.24. The molecule has 0 radical (unpaired) electrons. The molecule has 0 bridgehead atoms. The molecule has 2 aromatic rings. The highest BCUT2D eigenvalue weighted by molar-refractivity contribution is 7.89. The largest absolute Gasteiger partial charge is 0.359 e. The first-order valence-corrected chi connectivity index (χ1v) is 8.59. The number of aromatic nitrogens is 1. The monoisotopic (exact) mass is 337 g/mol. The van der Waals surface area contributed by atoms with Crippen molar-refractivity contribution in [2.24, 2.45) is 0 Å². The van der Waals surface area contributed by atoms with Crippen molar-refractivity contribution < 1.29 is 17.7 Å². The number of rotatable bonds is 5. The topological polar surface area (TPSA) is 101 Å². The zero-order valence-electron chi connectivity index (χ0n) is 13.4. The third kappa shape index (κ3) is 3.59. The molecule has 2 rings (SSSR count). The molecule has 0 saturated heterocycles. The van der Waals surface area contributed by atoms with E-state index in [4.69, 9.17) is 4.52 Å². The molecule has 0 aliphatic heterocycles. The van der Waals surface area contributed by atoms with Gasteiger partial charge in [-0.15, -0.1) is 0 Å². The van der Waals surface area contributed by atoms with Crippen molar-refractivity contribution >= 4 is 21.6 Å². The van der Waals surface area contributed by atoms with Crippen molar-refractivity contribution in [2.75, 3.05) is 11.9 Å². The Kier molecular flexibility index (Phi) is 4.86. The van der Waals surface area contributed by atoms with Crippen LogP contribution in [0.3, 0.4) is 0 Å². The normalized spacial score (nSPS) is 11.5. The van der Waals surface area contributed by atoms with Gasteiger partial charge in [0.15, 0.2) is 5.76 Å². The second-order valence-corrected chi connectivity index (χ2v) is 6.90. The Labute approximate surface area is 135 Å². The zero-order chi connectivity index (χ0) is 17.2. The van der Waals surface area contributed by atoms with Crippen molar-refractivity contribution in [1.29, 1.82) is 0 Å². The molecule has 0 atom stereocenters. The molecule has 1 aromatic carbocycles. The molecule has 8 heteroatoms. The fraction of sp³-hybridized carbons (Fsp3) is 0.333. The van der Waals surface area contributed by atoms with E-state index in [0.717, 1.165) is 0 Å². The van der Waals surface area contributed by atoms with Crippen LogP contribution in [0.5, 0.6) is 0 Å². The van der Waals surface area contributed by atoms with Crippen molar-refractivity contribution in [3.63, 3.8) is 0 Å². The maximum Gasteiger partial charge on any atom is 0.256 e. The molecule has 2 N–H and O–H groups in total. The second kappa shape index (κ2) is 6.51. The van der Waals surface area contributed by atoms with Crippen LogP contribution in [0.4, 0.5) is 5.69 Å². The molecule has 0 aliphatic rings. The zero-order valence-corrected chi connectivity index (χ0v) is 14.2. The summed E-state index contributed by atoms with van der Waals surface area (Å²) in [6.45, 7) is 7.11. The molecule has 0 unspecified atom stereocenters. The second-order valence-electron chi connectivity index (χ2n) is 5.13. The van der Waals surface area contributed by atoms with Gasteiger partial charge in [-0.25, -0.2) is 13.1 Å². The SMILES string of the molecule is CCNS(=O)(=O)c1ccc(C)c(C(=O)Nc2c(C)noc2C)c1. The molecule has 23 heavy (non-hydrogen) atoms. The first-order chi connectivity index (χ1) is 10.8. The lowest BCUT2D eigenvalue weighted by molar-refractivity contribution is 0.102. The lowest BCUT2D eigenvalue weighted by atomic mass is 10.1. The average molecular weight is 337 g/mol. The summed E-state index contributed by atoms with van der Waals surface area (Å²) in [5.74, 6) is 0.0791. The number of carbonyl (C=O) groups excluding carboxylic acids is 1. The van der Waals surface area contributed by atoms with E-state index in [-0.39, 0.29) is 17.0 Å². The van der Waals surface area contributed by atoms with Crippen LogP contribution in [0.25, 0.3) is 0 Å². The minimum absolute atomic E-state index is 0.0499. The predicted octanol–water partition coefficient (Wildman–Crippen LogP) is 2.15. The molecule has 0 spiro atoms. The first-order valence-electron chi connectivity index (χ1n) is 7.10. The summed E-state index contributed by atoms with van der Waals surface area (Å²) in [4.78, 5) is 12.5. The fourth-order valence-corrected chi connectivity index (χ4v) is 3.20. The third-order valence-corrected chi connectivity index (χ3v) is 4.91. The summed E-state index contributed by atoms with van der Waals surface area (Å²) in [6.07, 6.45) is 0. The first kappa shape index (κ1) is 17.2. The Hall–Kier alpha value is -2.19. The molecule has 1 aromatic heterocycles. The number of hydrogen-bond acceptors (Lipinski definition) is 5. The quantitative estimate of drug-likeness (QED) is 0.870. The number of carbonyl (C=O) groups is 1. The van der Waals surface area contributed by atoms with E-state index < -0.39 is 15.9 Å². The lowest BCUT2D eigenvalue weighted by Gasteiger charge is -2.10. The number of sulfonamides is 1. The Balaban J connectivity index is 2.37. The van der Waals surface area contributed by atoms with Gasteiger partial charge in [0.25, 0.3) is 5.91 Å². The summed E-state index contributed by atoms with van der Waals surface area (Å²) >= 11 is 0. The number of aryl methyl sites for hydroxylation is 3. The molecule has 1 amide bonds. The van der Waals surface area contributed by atoms with E-state index in [1.54, 1.807) is 33.8 Å². The molecular weight excluding hydrogens is 318 g/mol. The summed E-state index contributed by atoms with van der Waals surface area (Å²) in [7, 11) is -3.62. The third-order valence-electron chi connectivity index (χ3n) is 3.37. The Morgan fingerprint density at radius 1 is 1.26 bits per heavy atom. The number of amides is 1.